The quantitative estimate of drug-likeness (QED) is 0.0116. The van der Waals surface area contributed by atoms with Crippen LogP contribution >= 0.6 is 0 Å². The predicted octanol–water partition coefficient (Wildman–Crippen LogP) is 15.6. The van der Waals surface area contributed by atoms with Gasteiger partial charge < -0.3 is 90.6 Å². The van der Waals surface area contributed by atoms with Crippen LogP contribution < -0.4 is 45.0 Å². The number of hydrogen-bond donors (Lipinski definition) is 16. The van der Waals surface area contributed by atoms with E-state index < -0.39 is 60.7 Å². The third-order valence-electron chi connectivity index (χ3n) is 14.7. The van der Waals surface area contributed by atoms with Gasteiger partial charge in [-0.25, -0.2) is 38.4 Å². The van der Waals surface area contributed by atoms with E-state index in [1.807, 2.05) is 0 Å². The maximum atomic E-state index is 10.9. The van der Waals surface area contributed by atoms with Gasteiger partial charge in [-0.2, -0.15) is 0 Å². The van der Waals surface area contributed by atoms with Gasteiger partial charge in [0.2, 0.25) is 0 Å². The number of nitrogens with one attached hydrogen (secondary N) is 2. The minimum absolute atomic E-state index is 0.269. The Morgan fingerprint density at radius 2 is 0.455 bits per heavy atom. The first-order chi connectivity index (χ1) is 47.2. The summed E-state index contributed by atoms with van der Waals surface area (Å²) in [6.07, 6.45) is 9.87. The standard InChI is InChI=1S/2C20H12.C14H26N2O5.C13H25NO4.5CH3NO2/c2*1-5-13-6-2-11-17-18-12-4-8-14-7-3-10-16(20(14)18)15(9-1)19(13)17;15-13(19)21-14(20)16-11-9-7-5-3-1-2-4-6-8-10-12(17)18;15-12(16)10-8-6-4-2-1-3-5-7-9-11-14-13(17)18;5*2-1(3)4/h2*1-12H;1-11H2,(H2,15,19)(H,16,20)(H,17,18);14H,1-11H2,(H,15,16)(H,17,18);5*2H2,(H,3,4). The molecule has 0 radical (unpaired) electrons. The van der Waals surface area contributed by atoms with Crippen LogP contribution in [0.5, 0.6) is 0 Å². The first kappa shape index (κ1) is 83.2. The maximum absolute atomic E-state index is 10.9. The van der Waals surface area contributed by atoms with Crippen molar-refractivity contribution in [1.29, 1.82) is 0 Å². The number of rotatable bonds is 24. The molecule has 0 heterocycles. The molecule has 0 aliphatic carbocycles. The number of unbranched alkanes of at least 4 members (excludes halogenated alkanes) is 16. The Hall–Kier alpha value is -11.9. The third-order valence-corrected chi connectivity index (χ3v) is 14.7. The normalized spacial score (nSPS) is 10.1. The van der Waals surface area contributed by atoms with Gasteiger partial charge in [0.15, 0.2) is 0 Å². The summed E-state index contributed by atoms with van der Waals surface area (Å²) in [5.74, 6) is -1.42. The fraction of sp³-hybridized carbons (Fsp3) is 0.306. The highest BCUT2D eigenvalue weighted by atomic mass is 16.6. The number of ether oxygens (including phenoxy) is 1. The molecule has 0 bridgehead atoms. The molecule has 0 aliphatic rings. The summed E-state index contributed by atoms with van der Waals surface area (Å²) in [6.45, 7) is 1.02. The Morgan fingerprint density at radius 1 is 0.273 bits per heavy atom. The zero-order chi connectivity index (χ0) is 73.7. The van der Waals surface area contributed by atoms with Gasteiger partial charge in [0, 0.05) is 25.9 Å². The molecular formula is C72H90N8O19. The minimum atomic E-state index is -1.33. The molecule has 10 aromatic carbocycles. The zero-order valence-electron chi connectivity index (χ0n) is 54.9. The molecule has 0 aliphatic heterocycles. The molecule has 10 aromatic rings. The monoisotopic (exact) mass is 1370 g/mol. The van der Waals surface area contributed by atoms with Gasteiger partial charge in [0.25, 0.3) is 0 Å². The Balaban J connectivity index is 0.000000411. The number of primary amides is 6. The van der Waals surface area contributed by atoms with Crippen LogP contribution in [-0.2, 0) is 14.3 Å². The number of hydrogen-bond acceptors (Lipinski definition) is 11. The molecule has 0 saturated heterocycles. The fourth-order valence-electron chi connectivity index (χ4n) is 11.0. The number of carboxylic acids is 2. The molecule has 27 nitrogen and oxygen atoms in total. The van der Waals surface area contributed by atoms with Crippen LogP contribution in [0, 0.1) is 0 Å². The summed E-state index contributed by atoms with van der Waals surface area (Å²) < 4.78 is 4.11. The highest BCUT2D eigenvalue weighted by Gasteiger charge is 2.14. The number of alkyl carbamates (subject to hydrolysis) is 1. The highest BCUT2D eigenvalue weighted by molar-refractivity contribution is 6.34. The Kier molecular flexibility index (Phi) is 39.6. The van der Waals surface area contributed by atoms with Crippen molar-refractivity contribution < 1.29 is 93.5 Å². The maximum Gasteiger partial charge on any atom is 0.416 e. The smallest absolute Gasteiger partial charge is 0.416 e. The van der Waals surface area contributed by atoms with Gasteiger partial charge in [-0.15, -0.1) is 0 Å². The third kappa shape index (κ3) is 33.9. The first-order valence-electron chi connectivity index (χ1n) is 31.8. The van der Waals surface area contributed by atoms with E-state index in [0.29, 0.717) is 13.1 Å². The molecule has 0 atom stereocenters. The minimum Gasteiger partial charge on any atom is -0.481 e. The summed E-state index contributed by atoms with van der Waals surface area (Å²) in [5.41, 5.74) is 24.8. The van der Waals surface area contributed by atoms with E-state index in [1.54, 1.807) is 0 Å². The van der Waals surface area contributed by atoms with Crippen LogP contribution in [0.2, 0.25) is 0 Å². The van der Waals surface area contributed by atoms with Gasteiger partial charge >= 0.3 is 60.7 Å². The van der Waals surface area contributed by atoms with E-state index in [0.717, 1.165) is 96.3 Å². The summed E-state index contributed by atoms with van der Waals surface area (Å²) in [7, 11) is 0. The predicted molar refractivity (Wildman–Crippen MR) is 384 cm³/mol. The lowest BCUT2D eigenvalue weighted by molar-refractivity contribution is -0.138. The number of benzene rings is 10. The van der Waals surface area contributed by atoms with Crippen LogP contribution in [0.4, 0.5) is 38.4 Å². The number of aliphatic carboxylic acids is 2. The van der Waals surface area contributed by atoms with E-state index in [9.17, 15) is 24.0 Å². The number of amides is 8. The average Bonchev–Trinajstić information content (AvgIpc) is 0.737. The van der Waals surface area contributed by atoms with Gasteiger partial charge in [0.1, 0.15) is 0 Å². The van der Waals surface area contributed by atoms with E-state index in [2.05, 4.69) is 195 Å². The van der Waals surface area contributed by atoms with Crippen molar-refractivity contribution in [3.63, 3.8) is 0 Å². The van der Waals surface area contributed by atoms with E-state index in [1.165, 1.54) is 105 Å². The topological polar surface area (TPSA) is 522 Å². The van der Waals surface area contributed by atoms with Gasteiger partial charge in [0.05, 0.1) is 0 Å². The SMILES string of the molecule is NC(=O)O.NC(=O)O.NC(=O)O.NC(=O)O.NC(=O)O.NC(=O)OC(=O)NCCCCCCCCCCCC(=O)O.O=C(O)CCCCCCCCCCCNC(=O)O.c1cc2cccc3c4cccc5cccc(c(c1)c23)c54.c1cc2cccc3c4cccc5cccc(c(c1)c23)c54. The Bertz CT molecular complexity index is 3540. The molecule has 0 fully saturated rings. The number of fused-ring (bicyclic) bond motifs is 4. The molecule has 10 rings (SSSR count). The van der Waals surface area contributed by atoms with Crippen molar-refractivity contribution in [3.8, 4) is 0 Å². The second-order valence-electron chi connectivity index (χ2n) is 22.0. The van der Waals surface area contributed by atoms with E-state index >= 15 is 0 Å². The Labute approximate surface area is 570 Å². The van der Waals surface area contributed by atoms with E-state index in [-0.39, 0.29) is 12.8 Å². The van der Waals surface area contributed by atoms with Crippen molar-refractivity contribution in [1.82, 2.24) is 10.6 Å². The van der Waals surface area contributed by atoms with Gasteiger partial charge in [-0.1, -0.05) is 235 Å². The average molecular weight is 1370 g/mol. The summed E-state index contributed by atoms with van der Waals surface area (Å²) >= 11 is 0. The van der Waals surface area contributed by atoms with Crippen molar-refractivity contribution in [2.75, 3.05) is 13.1 Å². The summed E-state index contributed by atoms with van der Waals surface area (Å²) in [5, 5.41) is 87.8. The molecule has 0 unspecified atom stereocenters. The van der Waals surface area contributed by atoms with Gasteiger partial charge in [-0.3, -0.25) is 9.59 Å². The van der Waals surface area contributed by atoms with Crippen molar-refractivity contribution in [3.05, 3.63) is 146 Å². The lowest BCUT2D eigenvalue weighted by Crippen LogP contribution is -2.29. The second kappa shape index (κ2) is 47.1. The van der Waals surface area contributed by atoms with Crippen LogP contribution in [0.1, 0.15) is 128 Å². The van der Waals surface area contributed by atoms with Crippen molar-refractivity contribution in [2.45, 2.75) is 128 Å². The van der Waals surface area contributed by atoms with Crippen LogP contribution in [0.25, 0.3) is 86.2 Å². The van der Waals surface area contributed by atoms with Crippen molar-refractivity contribution in [2.24, 2.45) is 34.4 Å². The first-order valence-corrected chi connectivity index (χ1v) is 31.8. The molecule has 99 heavy (non-hydrogen) atoms. The highest BCUT2D eigenvalue weighted by Crippen LogP contribution is 2.41. The zero-order valence-corrected chi connectivity index (χ0v) is 54.9. The molecule has 27 heteroatoms. The molecule has 22 N–H and O–H groups in total. The molecule has 532 valence electrons. The Morgan fingerprint density at radius 3 is 0.636 bits per heavy atom. The fourth-order valence-corrected chi connectivity index (χ4v) is 11.0. The molecule has 0 spiro atoms. The molecule has 8 amide bonds. The van der Waals surface area contributed by atoms with E-state index in [4.69, 9.17) is 64.8 Å². The summed E-state index contributed by atoms with van der Waals surface area (Å²) in [6, 6.07) is 52.9. The van der Waals surface area contributed by atoms with Crippen LogP contribution in [-0.4, -0.2) is 115 Å². The number of carbonyl (C=O) groups is 10. The van der Waals surface area contributed by atoms with Crippen molar-refractivity contribution >= 4 is 147 Å². The molecular weight excluding hydrogens is 1280 g/mol. The summed E-state index contributed by atoms with van der Waals surface area (Å²) in [4.78, 5) is 95.7. The number of carbonyl (C=O) groups excluding carboxylic acids is 2. The lowest BCUT2D eigenvalue weighted by Gasteiger charge is -2.13. The number of carboxylic acid groups (broad SMARTS) is 8. The lowest BCUT2D eigenvalue weighted by atomic mass is 9.90. The molecule has 0 saturated carbocycles. The van der Waals surface area contributed by atoms with Crippen LogP contribution in [0.3, 0.4) is 0 Å². The largest absolute Gasteiger partial charge is 0.481 e. The second-order valence-corrected chi connectivity index (χ2v) is 22.0. The van der Waals surface area contributed by atoms with Gasteiger partial charge in [-0.05, 0) is 112 Å². The van der Waals surface area contributed by atoms with Crippen LogP contribution in [0.15, 0.2) is 146 Å². The molecule has 0 aromatic heterocycles. The number of nitrogens with two attached hydrogens (primary N) is 6.